The van der Waals surface area contributed by atoms with E-state index < -0.39 is 9.84 Å². The van der Waals surface area contributed by atoms with Gasteiger partial charge in [-0.3, -0.25) is 9.59 Å². The largest absolute Gasteiger partial charge is 0.497 e. The van der Waals surface area contributed by atoms with Crippen LogP contribution in [0.25, 0.3) is 5.69 Å². The van der Waals surface area contributed by atoms with Crippen molar-refractivity contribution in [2.24, 2.45) is 0 Å². The first kappa shape index (κ1) is 24.4. The Kier molecular flexibility index (Phi) is 6.64. The van der Waals surface area contributed by atoms with Crippen LogP contribution in [-0.2, 0) is 21.1 Å². The van der Waals surface area contributed by atoms with Crippen molar-refractivity contribution in [3.8, 4) is 11.4 Å². The molecule has 0 spiro atoms. The van der Waals surface area contributed by atoms with E-state index in [1.165, 1.54) is 9.58 Å². The molecule has 1 N–H and O–H groups in total. The second-order valence-electron chi connectivity index (χ2n) is 8.22. The van der Waals surface area contributed by atoms with Crippen LogP contribution in [0.15, 0.2) is 53.6 Å². The molecule has 3 aromatic rings. The van der Waals surface area contributed by atoms with E-state index in [9.17, 15) is 18.0 Å². The number of amides is 2. The molecule has 1 aromatic heterocycles. The van der Waals surface area contributed by atoms with E-state index in [0.29, 0.717) is 41.3 Å². The maximum Gasteiger partial charge on any atom is 0.277 e. The van der Waals surface area contributed by atoms with E-state index in [0.717, 1.165) is 6.26 Å². The summed E-state index contributed by atoms with van der Waals surface area (Å²) < 4.78 is 31.5. The zero-order valence-corrected chi connectivity index (χ0v) is 20.8. The molecule has 184 valence electrons. The lowest BCUT2D eigenvalue weighted by molar-refractivity contribution is -0.117. The molecule has 0 saturated heterocycles. The number of hydrogen-bond acceptors (Lipinski definition) is 7. The van der Waals surface area contributed by atoms with Gasteiger partial charge in [-0.25, -0.2) is 13.1 Å². The molecule has 0 radical (unpaired) electrons. The molecule has 2 heterocycles. The van der Waals surface area contributed by atoms with Crippen LogP contribution in [0, 0.1) is 0 Å². The van der Waals surface area contributed by atoms with Gasteiger partial charge in [-0.15, -0.1) is 0 Å². The standard InChI is InChI=1S/C24H27N5O5S/c1-25-15-21(30)27(2)16-5-7-17(8-6-16)28-14-13-20-22(24(28)31)29(26-23(20)35(4,32)33)18-9-11-19(34-3)12-10-18/h5-12,25H,13-15H2,1-4H3. The van der Waals surface area contributed by atoms with Crippen LogP contribution in [0.5, 0.6) is 5.75 Å². The maximum atomic E-state index is 13.7. The van der Waals surface area contributed by atoms with Gasteiger partial charge in [0.25, 0.3) is 5.91 Å². The third kappa shape index (κ3) is 4.64. The summed E-state index contributed by atoms with van der Waals surface area (Å²) >= 11 is 0. The third-order valence-electron chi connectivity index (χ3n) is 5.90. The van der Waals surface area contributed by atoms with Gasteiger partial charge in [0.2, 0.25) is 5.91 Å². The first-order valence-electron chi connectivity index (χ1n) is 10.9. The molecule has 2 amide bonds. The van der Waals surface area contributed by atoms with Crippen LogP contribution in [0.4, 0.5) is 11.4 Å². The van der Waals surface area contributed by atoms with E-state index in [2.05, 4.69) is 10.4 Å². The fourth-order valence-corrected chi connectivity index (χ4v) is 4.93. The van der Waals surface area contributed by atoms with Crippen molar-refractivity contribution >= 4 is 33.0 Å². The number of sulfone groups is 1. The Balaban J connectivity index is 1.72. The van der Waals surface area contributed by atoms with Crippen LogP contribution in [-0.4, -0.2) is 70.6 Å². The van der Waals surface area contributed by atoms with Crippen molar-refractivity contribution in [3.63, 3.8) is 0 Å². The third-order valence-corrected chi connectivity index (χ3v) is 6.93. The molecule has 2 aromatic carbocycles. The molecule has 0 bridgehead atoms. The molecule has 0 aliphatic carbocycles. The Morgan fingerprint density at radius 1 is 1.11 bits per heavy atom. The minimum Gasteiger partial charge on any atom is -0.497 e. The molecule has 1 aliphatic rings. The highest BCUT2D eigenvalue weighted by molar-refractivity contribution is 7.90. The summed E-state index contributed by atoms with van der Waals surface area (Å²) in [5, 5.41) is 7.08. The molecule has 11 heteroatoms. The van der Waals surface area contributed by atoms with Crippen molar-refractivity contribution in [1.29, 1.82) is 0 Å². The Labute approximate surface area is 204 Å². The van der Waals surface area contributed by atoms with Gasteiger partial charge in [-0.05, 0) is 62.0 Å². The minimum atomic E-state index is -3.65. The number of fused-ring (bicyclic) bond motifs is 1. The first-order chi connectivity index (χ1) is 16.7. The second kappa shape index (κ2) is 9.51. The number of ether oxygens (including phenoxy) is 1. The molecule has 35 heavy (non-hydrogen) atoms. The number of hydrogen-bond donors (Lipinski definition) is 1. The SMILES string of the molecule is CNCC(=O)N(C)c1ccc(N2CCc3c(S(C)(=O)=O)nn(-c4ccc(OC)cc4)c3C2=O)cc1. The fourth-order valence-electron chi connectivity index (χ4n) is 4.05. The molecule has 1 aliphatic heterocycles. The van der Waals surface area contributed by atoms with E-state index in [1.807, 2.05) is 0 Å². The van der Waals surface area contributed by atoms with Crippen molar-refractivity contribution in [2.75, 3.05) is 50.4 Å². The predicted octanol–water partition coefficient (Wildman–Crippen LogP) is 1.67. The number of anilines is 2. The van der Waals surface area contributed by atoms with Crippen molar-refractivity contribution in [3.05, 3.63) is 59.8 Å². The Morgan fingerprint density at radius 3 is 2.31 bits per heavy atom. The van der Waals surface area contributed by atoms with Gasteiger partial charge >= 0.3 is 0 Å². The fraction of sp³-hybridized carbons (Fsp3) is 0.292. The molecule has 0 unspecified atom stereocenters. The number of carbonyl (C=O) groups is 2. The van der Waals surface area contributed by atoms with Gasteiger partial charge in [-0.2, -0.15) is 5.10 Å². The molecule has 0 atom stereocenters. The van der Waals surface area contributed by atoms with E-state index >= 15 is 0 Å². The number of rotatable bonds is 7. The number of carbonyl (C=O) groups excluding carboxylic acids is 2. The number of methoxy groups -OCH3 is 1. The Bertz CT molecular complexity index is 1360. The summed E-state index contributed by atoms with van der Waals surface area (Å²) in [4.78, 5) is 28.9. The van der Waals surface area contributed by atoms with Gasteiger partial charge in [0, 0.05) is 36.8 Å². The zero-order valence-electron chi connectivity index (χ0n) is 20.0. The lowest BCUT2D eigenvalue weighted by Gasteiger charge is -2.28. The zero-order chi connectivity index (χ0) is 25.3. The Hall–Kier alpha value is -3.70. The monoisotopic (exact) mass is 497 g/mol. The van der Waals surface area contributed by atoms with E-state index in [-0.39, 0.29) is 29.1 Å². The Morgan fingerprint density at radius 2 is 1.74 bits per heavy atom. The van der Waals surface area contributed by atoms with Crippen LogP contribution >= 0.6 is 0 Å². The van der Waals surface area contributed by atoms with Crippen molar-refractivity contribution in [2.45, 2.75) is 11.4 Å². The second-order valence-corrected chi connectivity index (χ2v) is 10.2. The number of likely N-dealkylation sites (N-methyl/N-ethyl adjacent to an activating group) is 2. The smallest absolute Gasteiger partial charge is 0.277 e. The molecular formula is C24H27N5O5S. The maximum absolute atomic E-state index is 13.7. The molecule has 0 saturated carbocycles. The number of aromatic nitrogens is 2. The highest BCUT2D eigenvalue weighted by Crippen LogP contribution is 2.31. The highest BCUT2D eigenvalue weighted by atomic mass is 32.2. The summed E-state index contributed by atoms with van der Waals surface area (Å²) in [6.07, 6.45) is 1.43. The number of benzene rings is 2. The highest BCUT2D eigenvalue weighted by Gasteiger charge is 2.35. The number of nitrogens with one attached hydrogen (secondary N) is 1. The average molecular weight is 498 g/mol. The van der Waals surface area contributed by atoms with Crippen LogP contribution in [0.1, 0.15) is 16.1 Å². The van der Waals surface area contributed by atoms with E-state index in [4.69, 9.17) is 4.74 Å². The molecular weight excluding hydrogens is 470 g/mol. The lowest BCUT2D eigenvalue weighted by Crippen LogP contribution is -2.39. The minimum absolute atomic E-state index is 0.0867. The molecule has 4 rings (SSSR count). The normalized spacial score (nSPS) is 13.5. The summed E-state index contributed by atoms with van der Waals surface area (Å²) in [5.74, 6) is 0.191. The van der Waals surface area contributed by atoms with Crippen molar-refractivity contribution in [1.82, 2.24) is 15.1 Å². The molecule has 10 nitrogen and oxygen atoms in total. The average Bonchev–Trinajstić information content (AvgIpc) is 3.25. The van der Waals surface area contributed by atoms with Gasteiger partial charge in [0.05, 0.1) is 19.3 Å². The van der Waals surface area contributed by atoms with Gasteiger partial charge < -0.3 is 19.9 Å². The van der Waals surface area contributed by atoms with Crippen LogP contribution in [0.2, 0.25) is 0 Å². The number of nitrogens with zero attached hydrogens (tertiary/aromatic N) is 4. The predicted molar refractivity (Wildman–Crippen MR) is 132 cm³/mol. The molecule has 0 fully saturated rings. The topological polar surface area (TPSA) is 114 Å². The van der Waals surface area contributed by atoms with Gasteiger partial charge in [-0.1, -0.05) is 0 Å². The van der Waals surface area contributed by atoms with E-state index in [1.54, 1.807) is 74.6 Å². The summed E-state index contributed by atoms with van der Waals surface area (Å²) in [7, 11) is 1.29. The van der Waals surface area contributed by atoms with Crippen LogP contribution in [0.3, 0.4) is 0 Å². The quantitative estimate of drug-likeness (QED) is 0.528. The van der Waals surface area contributed by atoms with Gasteiger partial charge in [0.15, 0.2) is 14.9 Å². The van der Waals surface area contributed by atoms with Gasteiger partial charge in [0.1, 0.15) is 11.4 Å². The van der Waals surface area contributed by atoms with Crippen LogP contribution < -0.4 is 19.9 Å². The summed E-state index contributed by atoms with van der Waals surface area (Å²) in [6, 6.07) is 14.0. The summed E-state index contributed by atoms with van der Waals surface area (Å²) in [5.41, 5.74) is 2.52. The lowest BCUT2D eigenvalue weighted by atomic mass is 10.1. The first-order valence-corrected chi connectivity index (χ1v) is 12.8. The van der Waals surface area contributed by atoms with Crippen molar-refractivity contribution < 1.29 is 22.7 Å². The summed E-state index contributed by atoms with van der Waals surface area (Å²) in [6.45, 7) is 0.514.